The van der Waals surface area contributed by atoms with E-state index in [-0.39, 0.29) is 0 Å². The predicted octanol–water partition coefficient (Wildman–Crippen LogP) is 6.86. The molecule has 0 aliphatic heterocycles. The highest BCUT2D eigenvalue weighted by molar-refractivity contribution is 4.94. The van der Waals surface area contributed by atoms with E-state index in [1.165, 1.54) is 83.5 Å². The van der Waals surface area contributed by atoms with Crippen molar-refractivity contribution in [1.29, 1.82) is 0 Å². The van der Waals surface area contributed by atoms with Crippen LogP contribution in [0.25, 0.3) is 0 Å². The van der Waals surface area contributed by atoms with Gasteiger partial charge in [0.25, 0.3) is 0 Å². The van der Waals surface area contributed by atoms with Crippen LogP contribution in [-0.2, 0) is 0 Å². The Morgan fingerprint density at radius 3 is 1.67 bits per heavy atom. The summed E-state index contributed by atoms with van der Waals surface area (Å²) >= 11 is 0. The third-order valence-corrected chi connectivity index (χ3v) is 3.47. The summed E-state index contributed by atoms with van der Waals surface area (Å²) in [4.78, 5) is 0. The van der Waals surface area contributed by atoms with E-state index in [1.807, 2.05) is 0 Å². The van der Waals surface area contributed by atoms with Gasteiger partial charge in [-0.15, -0.1) is 0 Å². The Labute approximate surface area is 116 Å². The minimum absolute atomic E-state index is 1.27. The Bertz CT molecular complexity index is 157. The molecule has 0 N–H and O–H groups in total. The molecule has 0 nitrogen and oxygen atoms in total. The lowest BCUT2D eigenvalue weighted by atomic mass is 10.1. The monoisotopic (exact) mass is 251 g/mol. The molecule has 18 heavy (non-hydrogen) atoms. The minimum Gasteiger partial charge on any atom is -0.0882 e. The molecule has 0 saturated heterocycles. The number of hydrogen-bond acceptors (Lipinski definition) is 0. The molecule has 0 heterocycles. The second-order valence-corrected chi connectivity index (χ2v) is 5.42. The third kappa shape index (κ3) is 15.7. The van der Waals surface area contributed by atoms with Crippen LogP contribution in [0.1, 0.15) is 97.3 Å². The van der Waals surface area contributed by atoms with Crippen LogP contribution >= 0.6 is 0 Å². The van der Waals surface area contributed by atoms with Gasteiger partial charge in [0.05, 0.1) is 0 Å². The van der Waals surface area contributed by atoms with Gasteiger partial charge in [-0.2, -0.15) is 0 Å². The van der Waals surface area contributed by atoms with Crippen LogP contribution < -0.4 is 0 Å². The van der Waals surface area contributed by atoms with Crippen molar-refractivity contribution in [3.63, 3.8) is 0 Å². The number of unbranched alkanes of at least 4 members (excludes halogenated alkanes) is 12. The normalized spacial score (nSPS) is 11.4. The van der Waals surface area contributed by atoms with Crippen molar-refractivity contribution in [2.45, 2.75) is 97.3 Å². The Kier molecular flexibility index (Phi) is 16.5. The SMILES string of the molecule is CCCCCCCC=C[CH]CCCCCCCC. The van der Waals surface area contributed by atoms with Gasteiger partial charge >= 0.3 is 0 Å². The molecule has 1 radical (unpaired) electrons. The number of rotatable bonds is 14. The molecule has 0 saturated carbocycles. The third-order valence-electron chi connectivity index (χ3n) is 3.47. The van der Waals surface area contributed by atoms with Gasteiger partial charge in [0.2, 0.25) is 0 Å². The molecular formula is C18H35. The highest BCUT2D eigenvalue weighted by Crippen LogP contribution is 2.09. The summed E-state index contributed by atoms with van der Waals surface area (Å²) in [6, 6.07) is 0. The van der Waals surface area contributed by atoms with Gasteiger partial charge in [0, 0.05) is 0 Å². The van der Waals surface area contributed by atoms with Gasteiger partial charge in [0.1, 0.15) is 0 Å². The fraction of sp³-hybridized carbons (Fsp3) is 0.833. The summed E-state index contributed by atoms with van der Waals surface area (Å²) in [5.74, 6) is 0. The van der Waals surface area contributed by atoms with Crippen molar-refractivity contribution in [2.24, 2.45) is 0 Å². The van der Waals surface area contributed by atoms with E-state index < -0.39 is 0 Å². The van der Waals surface area contributed by atoms with Crippen molar-refractivity contribution in [1.82, 2.24) is 0 Å². The topological polar surface area (TPSA) is 0 Å². The molecule has 0 aromatic heterocycles. The lowest BCUT2D eigenvalue weighted by Gasteiger charge is -1.99. The molecule has 0 unspecified atom stereocenters. The van der Waals surface area contributed by atoms with Crippen molar-refractivity contribution in [3.8, 4) is 0 Å². The maximum absolute atomic E-state index is 2.35. The van der Waals surface area contributed by atoms with E-state index in [9.17, 15) is 0 Å². The molecule has 0 heteroatoms. The average Bonchev–Trinajstić information content (AvgIpc) is 2.39. The van der Waals surface area contributed by atoms with Gasteiger partial charge in [0.15, 0.2) is 0 Å². The summed E-state index contributed by atoms with van der Waals surface area (Å²) < 4.78 is 0. The van der Waals surface area contributed by atoms with Crippen LogP contribution in [0.4, 0.5) is 0 Å². The first-order valence-corrected chi connectivity index (χ1v) is 8.40. The predicted molar refractivity (Wildman–Crippen MR) is 84.8 cm³/mol. The second-order valence-electron chi connectivity index (χ2n) is 5.42. The zero-order valence-electron chi connectivity index (χ0n) is 12.9. The first kappa shape index (κ1) is 17.7. The number of allylic oxidation sites excluding steroid dienone is 2. The molecule has 0 rings (SSSR count). The molecule has 0 aliphatic carbocycles. The summed E-state index contributed by atoms with van der Waals surface area (Å²) in [7, 11) is 0. The first-order chi connectivity index (χ1) is 8.91. The first-order valence-electron chi connectivity index (χ1n) is 8.40. The van der Waals surface area contributed by atoms with Crippen LogP contribution in [-0.4, -0.2) is 0 Å². The van der Waals surface area contributed by atoms with Crippen molar-refractivity contribution in [2.75, 3.05) is 0 Å². The molecule has 0 amide bonds. The van der Waals surface area contributed by atoms with Crippen LogP contribution in [0.5, 0.6) is 0 Å². The maximum Gasteiger partial charge on any atom is -0.0171 e. The van der Waals surface area contributed by atoms with Crippen LogP contribution in [0.2, 0.25) is 0 Å². The lowest BCUT2D eigenvalue weighted by Crippen LogP contribution is -1.79. The summed E-state index contributed by atoms with van der Waals surface area (Å²) in [5.41, 5.74) is 0. The van der Waals surface area contributed by atoms with E-state index in [0.717, 1.165) is 0 Å². The fourth-order valence-corrected chi connectivity index (χ4v) is 2.20. The summed E-state index contributed by atoms with van der Waals surface area (Å²) in [6.07, 6.45) is 24.9. The molecule has 0 spiro atoms. The molecule has 0 aromatic carbocycles. The van der Waals surface area contributed by atoms with E-state index in [0.29, 0.717) is 0 Å². The molecule has 107 valence electrons. The van der Waals surface area contributed by atoms with E-state index >= 15 is 0 Å². The standard InChI is InChI=1S/C18H35/c1-3-5-7-9-11-13-15-17-18-16-14-12-10-8-6-4-2/h15,17-18H,3-14,16H2,1-2H3. The largest absolute Gasteiger partial charge is 0.0882 e. The highest BCUT2D eigenvalue weighted by Gasteiger charge is 1.90. The minimum atomic E-state index is 1.27. The van der Waals surface area contributed by atoms with Crippen LogP contribution in [0.3, 0.4) is 0 Å². The highest BCUT2D eigenvalue weighted by atomic mass is 14.0. The lowest BCUT2D eigenvalue weighted by molar-refractivity contribution is 0.607. The molecule has 0 atom stereocenters. The quantitative estimate of drug-likeness (QED) is 0.296. The molecular weight excluding hydrogens is 216 g/mol. The molecule has 0 fully saturated rings. The Morgan fingerprint density at radius 2 is 1.06 bits per heavy atom. The van der Waals surface area contributed by atoms with Crippen molar-refractivity contribution in [3.05, 3.63) is 18.6 Å². The Hall–Kier alpha value is -0.260. The zero-order chi connectivity index (χ0) is 13.3. The Morgan fingerprint density at radius 1 is 0.556 bits per heavy atom. The van der Waals surface area contributed by atoms with Crippen molar-refractivity contribution >= 4 is 0 Å². The van der Waals surface area contributed by atoms with Gasteiger partial charge in [-0.3, -0.25) is 0 Å². The molecule has 0 aromatic rings. The summed E-state index contributed by atoms with van der Waals surface area (Å²) in [5, 5.41) is 0. The second kappa shape index (κ2) is 16.7. The average molecular weight is 251 g/mol. The van der Waals surface area contributed by atoms with Crippen LogP contribution in [0, 0.1) is 6.42 Å². The van der Waals surface area contributed by atoms with Gasteiger partial charge < -0.3 is 0 Å². The van der Waals surface area contributed by atoms with E-state index in [4.69, 9.17) is 0 Å². The zero-order valence-corrected chi connectivity index (χ0v) is 12.9. The van der Waals surface area contributed by atoms with Crippen molar-refractivity contribution < 1.29 is 0 Å². The van der Waals surface area contributed by atoms with Gasteiger partial charge in [-0.25, -0.2) is 0 Å². The summed E-state index contributed by atoms with van der Waals surface area (Å²) in [6.45, 7) is 4.55. The maximum atomic E-state index is 2.35. The van der Waals surface area contributed by atoms with Crippen LogP contribution in [0.15, 0.2) is 12.2 Å². The van der Waals surface area contributed by atoms with E-state index in [1.54, 1.807) is 0 Å². The van der Waals surface area contributed by atoms with Gasteiger partial charge in [-0.1, -0.05) is 90.2 Å². The Balaban J connectivity index is 3.00. The van der Waals surface area contributed by atoms with Gasteiger partial charge in [-0.05, 0) is 25.7 Å². The fourth-order valence-electron chi connectivity index (χ4n) is 2.20. The van der Waals surface area contributed by atoms with E-state index in [2.05, 4.69) is 32.4 Å². The molecule has 0 aliphatic rings. The molecule has 0 bridgehead atoms. The number of hydrogen-bond donors (Lipinski definition) is 0. The smallest absolute Gasteiger partial charge is 0.0171 e.